The summed E-state index contributed by atoms with van der Waals surface area (Å²) in [6.45, 7) is 3.64. The molecule has 0 bridgehead atoms. The highest BCUT2D eigenvalue weighted by Crippen LogP contribution is 2.24. The van der Waals surface area contributed by atoms with E-state index in [-0.39, 0.29) is 11.9 Å². The number of carbonyl (C=O) groups is 1. The average Bonchev–Trinajstić information content (AvgIpc) is 2.77. The molecule has 1 heterocycles. The SMILES string of the molecule is Cc1nc(Oc2ccccc2)nc(C)c1NC(=O)c1ccc(-c2ccccc2)cc1. The molecular formula is C25H21N3O2. The second-order valence-electron chi connectivity index (χ2n) is 6.86. The Bertz CT molecular complexity index is 1140. The van der Waals surface area contributed by atoms with Crippen molar-refractivity contribution >= 4 is 11.6 Å². The fourth-order valence-corrected chi connectivity index (χ4v) is 3.14. The Morgan fingerprint density at radius 1 is 0.733 bits per heavy atom. The summed E-state index contributed by atoms with van der Waals surface area (Å²) in [6.07, 6.45) is 0. The van der Waals surface area contributed by atoms with Crippen LogP contribution in [0, 0.1) is 13.8 Å². The van der Waals surface area contributed by atoms with E-state index >= 15 is 0 Å². The Hall–Kier alpha value is -3.99. The number of nitrogens with one attached hydrogen (secondary N) is 1. The monoisotopic (exact) mass is 395 g/mol. The van der Waals surface area contributed by atoms with Gasteiger partial charge in [-0.2, -0.15) is 9.97 Å². The van der Waals surface area contributed by atoms with Crippen LogP contribution >= 0.6 is 0 Å². The van der Waals surface area contributed by atoms with Gasteiger partial charge in [0.25, 0.3) is 5.91 Å². The van der Waals surface area contributed by atoms with Gasteiger partial charge in [0.15, 0.2) is 0 Å². The van der Waals surface area contributed by atoms with Crippen molar-refractivity contribution in [3.05, 3.63) is 102 Å². The third-order valence-electron chi connectivity index (χ3n) is 4.70. The molecule has 0 saturated carbocycles. The maximum atomic E-state index is 12.7. The van der Waals surface area contributed by atoms with Gasteiger partial charge in [0, 0.05) is 5.56 Å². The maximum absolute atomic E-state index is 12.7. The molecule has 0 radical (unpaired) electrons. The maximum Gasteiger partial charge on any atom is 0.322 e. The number of para-hydroxylation sites is 1. The summed E-state index contributed by atoms with van der Waals surface area (Å²) >= 11 is 0. The number of anilines is 1. The van der Waals surface area contributed by atoms with Crippen LogP contribution in [0.4, 0.5) is 5.69 Å². The van der Waals surface area contributed by atoms with Gasteiger partial charge in [-0.15, -0.1) is 0 Å². The van der Waals surface area contributed by atoms with Crippen molar-refractivity contribution in [1.29, 1.82) is 0 Å². The molecule has 0 fully saturated rings. The number of carbonyl (C=O) groups excluding carboxylic acids is 1. The van der Waals surface area contributed by atoms with Crippen molar-refractivity contribution in [2.75, 3.05) is 5.32 Å². The van der Waals surface area contributed by atoms with Crippen LogP contribution in [0.2, 0.25) is 0 Å². The van der Waals surface area contributed by atoms with Crippen LogP contribution in [0.15, 0.2) is 84.9 Å². The molecule has 148 valence electrons. The van der Waals surface area contributed by atoms with E-state index in [2.05, 4.69) is 15.3 Å². The Balaban J connectivity index is 1.50. The van der Waals surface area contributed by atoms with Gasteiger partial charge in [0.2, 0.25) is 0 Å². The van der Waals surface area contributed by atoms with Gasteiger partial charge in [-0.05, 0) is 49.2 Å². The van der Waals surface area contributed by atoms with Crippen molar-refractivity contribution in [3.8, 4) is 22.9 Å². The van der Waals surface area contributed by atoms with Gasteiger partial charge in [-0.25, -0.2) is 0 Å². The Morgan fingerprint density at radius 3 is 1.87 bits per heavy atom. The molecule has 4 aromatic rings. The van der Waals surface area contributed by atoms with E-state index in [0.29, 0.717) is 28.4 Å². The van der Waals surface area contributed by atoms with Crippen LogP contribution < -0.4 is 10.1 Å². The van der Waals surface area contributed by atoms with Crippen LogP contribution in [0.1, 0.15) is 21.7 Å². The van der Waals surface area contributed by atoms with E-state index < -0.39 is 0 Å². The second kappa shape index (κ2) is 8.57. The van der Waals surface area contributed by atoms with Gasteiger partial charge in [-0.1, -0.05) is 60.7 Å². The molecule has 1 amide bonds. The van der Waals surface area contributed by atoms with Crippen LogP contribution in [-0.4, -0.2) is 15.9 Å². The quantitative estimate of drug-likeness (QED) is 0.463. The number of hydrogen-bond acceptors (Lipinski definition) is 4. The third kappa shape index (κ3) is 4.36. The first-order valence-electron chi connectivity index (χ1n) is 9.65. The number of amides is 1. The minimum atomic E-state index is -0.207. The largest absolute Gasteiger partial charge is 0.424 e. The number of aromatic nitrogens is 2. The molecule has 0 aliphatic heterocycles. The lowest BCUT2D eigenvalue weighted by molar-refractivity contribution is 0.102. The summed E-state index contributed by atoms with van der Waals surface area (Å²) in [5.74, 6) is 0.452. The molecule has 0 aliphatic carbocycles. The molecule has 4 rings (SSSR count). The first-order valence-corrected chi connectivity index (χ1v) is 9.65. The third-order valence-corrected chi connectivity index (χ3v) is 4.70. The van der Waals surface area contributed by atoms with E-state index in [1.807, 2.05) is 98.8 Å². The first kappa shape index (κ1) is 19.3. The summed E-state index contributed by atoms with van der Waals surface area (Å²) in [4.78, 5) is 21.5. The van der Waals surface area contributed by atoms with Crippen LogP contribution in [0.25, 0.3) is 11.1 Å². The summed E-state index contributed by atoms with van der Waals surface area (Å²) < 4.78 is 5.70. The molecule has 1 aromatic heterocycles. The van der Waals surface area contributed by atoms with Crippen molar-refractivity contribution in [2.45, 2.75) is 13.8 Å². The normalized spacial score (nSPS) is 10.5. The number of hydrogen-bond donors (Lipinski definition) is 1. The van der Waals surface area contributed by atoms with Crippen molar-refractivity contribution in [2.24, 2.45) is 0 Å². The van der Waals surface area contributed by atoms with E-state index in [0.717, 1.165) is 11.1 Å². The summed E-state index contributed by atoms with van der Waals surface area (Å²) in [6, 6.07) is 27.2. The number of aryl methyl sites for hydroxylation is 2. The molecule has 5 nitrogen and oxygen atoms in total. The van der Waals surface area contributed by atoms with Gasteiger partial charge in [-0.3, -0.25) is 4.79 Å². The number of ether oxygens (including phenoxy) is 1. The molecule has 0 spiro atoms. The standard InChI is InChI=1S/C25H21N3O2/c1-17-23(18(2)27-25(26-17)30-22-11-7-4-8-12-22)28-24(29)21-15-13-20(14-16-21)19-9-5-3-6-10-19/h3-16H,1-2H3,(H,28,29). The lowest BCUT2D eigenvalue weighted by atomic mass is 10.0. The number of nitrogens with zero attached hydrogens (tertiary/aromatic N) is 2. The van der Waals surface area contributed by atoms with Crippen LogP contribution in [0.3, 0.4) is 0 Å². The van der Waals surface area contributed by atoms with Gasteiger partial charge < -0.3 is 10.1 Å². The van der Waals surface area contributed by atoms with E-state index in [9.17, 15) is 4.79 Å². The predicted molar refractivity (Wildman–Crippen MR) is 118 cm³/mol. The average molecular weight is 395 g/mol. The Labute approximate surface area is 175 Å². The van der Waals surface area contributed by atoms with Gasteiger partial charge >= 0.3 is 6.01 Å². The highest BCUT2D eigenvalue weighted by atomic mass is 16.5. The lowest BCUT2D eigenvalue weighted by Crippen LogP contribution is -2.15. The molecule has 5 heteroatoms. The molecule has 3 aromatic carbocycles. The molecule has 0 atom stereocenters. The van der Waals surface area contributed by atoms with E-state index in [1.54, 1.807) is 0 Å². The Kier molecular flexibility index (Phi) is 5.52. The summed E-state index contributed by atoms with van der Waals surface area (Å²) in [5.41, 5.74) is 4.61. The first-order chi connectivity index (χ1) is 14.6. The molecule has 1 N–H and O–H groups in total. The minimum absolute atomic E-state index is 0.207. The minimum Gasteiger partial charge on any atom is -0.424 e. The van der Waals surface area contributed by atoms with Gasteiger partial charge in [0.1, 0.15) is 5.75 Å². The Morgan fingerprint density at radius 2 is 1.27 bits per heavy atom. The molecule has 30 heavy (non-hydrogen) atoms. The summed E-state index contributed by atoms with van der Waals surface area (Å²) in [7, 11) is 0. The van der Waals surface area contributed by atoms with Gasteiger partial charge in [0.05, 0.1) is 17.1 Å². The van der Waals surface area contributed by atoms with Crippen LogP contribution in [0.5, 0.6) is 11.8 Å². The van der Waals surface area contributed by atoms with Crippen molar-refractivity contribution in [3.63, 3.8) is 0 Å². The number of benzene rings is 3. The highest BCUT2D eigenvalue weighted by Gasteiger charge is 2.14. The van der Waals surface area contributed by atoms with Crippen LogP contribution in [-0.2, 0) is 0 Å². The molecular weight excluding hydrogens is 374 g/mol. The number of rotatable bonds is 5. The zero-order valence-electron chi connectivity index (χ0n) is 16.8. The topological polar surface area (TPSA) is 64.1 Å². The molecule has 0 saturated heterocycles. The smallest absolute Gasteiger partial charge is 0.322 e. The van der Waals surface area contributed by atoms with E-state index in [4.69, 9.17) is 4.74 Å². The predicted octanol–water partition coefficient (Wildman–Crippen LogP) is 5.81. The fraction of sp³-hybridized carbons (Fsp3) is 0.0800. The zero-order chi connectivity index (χ0) is 20.9. The second-order valence-corrected chi connectivity index (χ2v) is 6.86. The zero-order valence-corrected chi connectivity index (χ0v) is 16.8. The summed E-state index contributed by atoms with van der Waals surface area (Å²) in [5, 5.41) is 2.93. The molecule has 0 aliphatic rings. The fourth-order valence-electron chi connectivity index (χ4n) is 3.14. The lowest BCUT2D eigenvalue weighted by Gasteiger charge is -2.13. The molecule has 0 unspecified atom stereocenters. The van der Waals surface area contributed by atoms with E-state index in [1.165, 1.54) is 0 Å². The van der Waals surface area contributed by atoms with Crippen molar-refractivity contribution < 1.29 is 9.53 Å². The van der Waals surface area contributed by atoms with Crippen molar-refractivity contribution in [1.82, 2.24) is 9.97 Å². The highest BCUT2D eigenvalue weighted by molar-refractivity contribution is 6.05.